The maximum Gasteiger partial charge on any atom is 0.261 e. The SMILES string of the molecule is C=N/C=C\c1c(C)ncn(Cc2nc([C@H]3[C@@H]4CN(c5cccc(Cl)c5)C[C@@H]43)no2)c1=O. The molecule has 158 valence electrons. The van der Waals surface area contributed by atoms with Gasteiger partial charge in [-0.25, -0.2) is 4.98 Å². The molecular formula is C22H21ClN6O2. The molecule has 2 aromatic heterocycles. The average molecular weight is 437 g/mol. The zero-order chi connectivity index (χ0) is 21.5. The van der Waals surface area contributed by atoms with Gasteiger partial charge in [-0.15, -0.1) is 0 Å². The third kappa shape index (κ3) is 3.67. The Kier molecular flexibility index (Phi) is 4.94. The van der Waals surface area contributed by atoms with E-state index in [1.54, 1.807) is 13.0 Å². The molecule has 5 rings (SSSR count). The second-order valence-electron chi connectivity index (χ2n) is 7.96. The molecule has 0 radical (unpaired) electrons. The molecule has 1 aromatic carbocycles. The highest BCUT2D eigenvalue weighted by Gasteiger charge is 2.58. The first-order chi connectivity index (χ1) is 15.0. The Balaban J connectivity index is 1.27. The summed E-state index contributed by atoms with van der Waals surface area (Å²) in [4.78, 5) is 27.6. The second kappa shape index (κ2) is 7.77. The fourth-order valence-electron chi connectivity index (χ4n) is 4.43. The smallest absolute Gasteiger partial charge is 0.261 e. The van der Waals surface area contributed by atoms with E-state index >= 15 is 0 Å². The lowest BCUT2D eigenvalue weighted by Gasteiger charge is -2.21. The molecule has 1 aliphatic carbocycles. The van der Waals surface area contributed by atoms with Gasteiger partial charge in [0.2, 0.25) is 5.89 Å². The Morgan fingerprint density at radius 2 is 2.16 bits per heavy atom. The van der Waals surface area contributed by atoms with Gasteiger partial charge in [-0.05, 0) is 49.8 Å². The van der Waals surface area contributed by atoms with Gasteiger partial charge in [-0.3, -0.25) is 14.4 Å². The molecule has 0 bridgehead atoms. The zero-order valence-electron chi connectivity index (χ0n) is 17.0. The van der Waals surface area contributed by atoms with Crippen LogP contribution in [0, 0.1) is 18.8 Å². The molecule has 1 saturated carbocycles. The lowest BCUT2D eigenvalue weighted by Crippen LogP contribution is -2.24. The van der Waals surface area contributed by atoms with Crippen LogP contribution >= 0.6 is 11.6 Å². The van der Waals surface area contributed by atoms with Crippen molar-refractivity contribution in [2.45, 2.75) is 19.4 Å². The summed E-state index contributed by atoms with van der Waals surface area (Å²) < 4.78 is 6.90. The van der Waals surface area contributed by atoms with Crippen LogP contribution in [-0.2, 0) is 6.54 Å². The molecule has 0 amide bonds. The van der Waals surface area contributed by atoms with Crippen molar-refractivity contribution in [3.63, 3.8) is 0 Å². The summed E-state index contributed by atoms with van der Waals surface area (Å²) in [5.41, 5.74) is 2.05. The summed E-state index contributed by atoms with van der Waals surface area (Å²) in [5.74, 6) is 2.45. The van der Waals surface area contributed by atoms with E-state index < -0.39 is 0 Å². The van der Waals surface area contributed by atoms with E-state index in [0.29, 0.717) is 34.9 Å². The van der Waals surface area contributed by atoms with Gasteiger partial charge in [0.15, 0.2) is 5.82 Å². The van der Waals surface area contributed by atoms with Crippen molar-refractivity contribution < 1.29 is 4.52 Å². The number of hydrogen-bond acceptors (Lipinski definition) is 7. The van der Waals surface area contributed by atoms with E-state index in [-0.39, 0.29) is 12.1 Å². The van der Waals surface area contributed by atoms with Gasteiger partial charge in [0.25, 0.3) is 5.56 Å². The number of anilines is 1. The van der Waals surface area contributed by atoms with Crippen LogP contribution in [0.2, 0.25) is 5.02 Å². The summed E-state index contributed by atoms with van der Waals surface area (Å²) in [6, 6.07) is 7.94. The van der Waals surface area contributed by atoms with Crippen LogP contribution < -0.4 is 10.5 Å². The summed E-state index contributed by atoms with van der Waals surface area (Å²) in [7, 11) is 0. The maximum atomic E-state index is 12.7. The van der Waals surface area contributed by atoms with Crippen LogP contribution in [0.3, 0.4) is 0 Å². The fourth-order valence-corrected chi connectivity index (χ4v) is 4.61. The van der Waals surface area contributed by atoms with Crippen molar-refractivity contribution in [3.8, 4) is 0 Å². The lowest BCUT2D eigenvalue weighted by molar-refractivity contribution is 0.363. The monoisotopic (exact) mass is 436 g/mol. The number of nitrogens with zero attached hydrogens (tertiary/aromatic N) is 6. The normalized spacial score (nSPS) is 22.1. The Labute approximate surface area is 183 Å². The van der Waals surface area contributed by atoms with Crippen molar-refractivity contribution in [1.82, 2.24) is 19.7 Å². The van der Waals surface area contributed by atoms with Crippen LogP contribution in [0.25, 0.3) is 6.08 Å². The van der Waals surface area contributed by atoms with Crippen molar-refractivity contribution in [1.29, 1.82) is 0 Å². The Morgan fingerprint density at radius 3 is 2.90 bits per heavy atom. The molecular weight excluding hydrogens is 416 g/mol. The Hall–Kier alpha value is -3.26. The van der Waals surface area contributed by atoms with Gasteiger partial charge in [0.1, 0.15) is 6.54 Å². The number of aliphatic imine (C=N–C) groups is 1. The van der Waals surface area contributed by atoms with Crippen molar-refractivity contribution in [3.05, 3.63) is 75.1 Å². The molecule has 2 aliphatic rings. The molecule has 1 saturated heterocycles. The third-order valence-electron chi connectivity index (χ3n) is 6.07. The third-order valence-corrected chi connectivity index (χ3v) is 6.31. The predicted molar refractivity (Wildman–Crippen MR) is 119 cm³/mol. The van der Waals surface area contributed by atoms with E-state index in [4.69, 9.17) is 16.1 Å². The second-order valence-corrected chi connectivity index (χ2v) is 8.40. The van der Waals surface area contributed by atoms with E-state index in [1.165, 1.54) is 17.1 Å². The molecule has 3 heterocycles. The molecule has 1 aliphatic heterocycles. The highest BCUT2D eigenvalue weighted by Crippen LogP contribution is 2.57. The van der Waals surface area contributed by atoms with Crippen molar-refractivity contribution >= 4 is 30.1 Å². The molecule has 3 aromatic rings. The first-order valence-electron chi connectivity index (χ1n) is 10.1. The summed E-state index contributed by atoms with van der Waals surface area (Å²) >= 11 is 6.12. The number of aryl methyl sites for hydroxylation is 1. The standard InChI is InChI=1S/C22H21ClN6O2/c1-13-16(6-7-24-2)22(30)29(12-25-13)11-19-26-21(27-31-19)20-17-9-28(10-18(17)20)15-5-3-4-14(23)8-15/h3-8,12,17-18,20H,2,9-11H2,1H3/b7-6-/t17-,18+,20+. The first kappa shape index (κ1) is 19.7. The van der Waals surface area contributed by atoms with Gasteiger partial charge in [0, 0.05) is 35.9 Å². The van der Waals surface area contributed by atoms with E-state index in [2.05, 4.69) is 37.8 Å². The van der Waals surface area contributed by atoms with E-state index in [9.17, 15) is 4.79 Å². The number of rotatable bonds is 6. The minimum absolute atomic E-state index is 0.179. The quantitative estimate of drug-likeness (QED) is 0.551. The lowest BCUT2D eigenvalue weighted by atomic mass is 10.2. The van der Waals surface area contributed by atoms with Gasteiger partial charge in [0.05, 0.1) is 17.6 Å². The van der Waals surface area contributed by atoms with Crippen molar-refractivity contribution in [2.24, 2.45) is 16.8 Å². The largest absolute Gasteiger partial charge is 0.371 e. The Bertz CT molecular complexity index is 1220. The number of benzene rings is 1. The molecule has 0 unspecified atom stereocenters. The van der Waals surface area contributed by atoms with Crippen LogP contribution in [0.5, 0.6) is 0 Å². The van der Waals surface area contributed by atoms with Gasteiger partial charge < -0.3 is 9.42 Å². The van der Waals surface area contributed by atoms with Crippen molar-refractivity contribution in [2.75, 3.05) is 18.0 Å². The average Bonchev–Trinajstić information content (AvgIpc) is 3.10. The highest BCUT2D eigenvalue weighted by molar-refractivity contribution is 6.30. The number of aromatic nitrogens is 4. The van der Waals surface area contributed by atoms with Crippen LogP contribution in [0.1, 0.15) is 28.9 Å². The number of piperidine rings is 1. The van der Waals surface area contributed by atoms with E-state index in [1.807, 2.05) is 18.2 Å². The summed E-state index contributed by atoms with van der Waals surface area (Å²) in [5, 5.41) is 4.94. The predicted octanol–water partition coefficient (Wildman–Crippen LogP) is 3.16. The van der Waals surface area contributed by atoms with Crippen LogP contribution in [0.15, 0.2) is 51.1 Å². The summed E-state index contributed by atoms with van der Waals surface area (Å²) in [6.07, 6.45) is 4.57. The van der Waals surface area contributed by atoms with Crippen LogP contribution in [-0.4, -0.2) is 39.5 Å². The minimum atomic E-state index is -0.187. The topological polar surface area (TPSA) is 89.4 Å². The van der Waals surface area contributed by atoms with Gasteiger partial charge in [-0.1, -0.05) is 22.8 Å². The van der Waals surface area contributed by atoms with Gasteiger partial charge in [-0.2, -0.15) is 4.98 Å². The highest BCUT2D eigenvalue weighted by atomic mass is 35.5. The molecule has 0 N–H and O–H groups in total. The first-order valence-corrected chi connectivity index (χ1v) is 10.4. The molecule has 2 fully saturated rings. The molecule has 3 atom stereocenters. The molecule has 8 nitrogen and oxygen atoms in total. The summed E-state index contributed by atoms with van der Waals surface area (Å²) in [6.45, 7) is 7.25. The number of halogens is 1. The van der Waals surface area contributed by atoms with E-state index in [0.717, 1.165) is 29.6 Å². The molecule has 9 heteroatoms. The minimum Gasteiger partial charge on any atom is -0.371 e. The number of hydrogen-bond donors (Lipinski definition) is 0. The molecule has 31 heavy (non-hydrogen) atoms. The molecule has 0 spiro atoms. The fraction of sp³-hybridized carbons (Fsp3) is 0.318. The zero-order valence-corrected chi connectivity index (χ0v) is 17.7. The Morgan fingerprint density at radius 1 is 1.35 bits per heavy atom. The van der Waals surface area contributed by atoms with Gasteiger partial charge >= 0.3 is 0 Å². The number of fused-ring (bicyclic) bond motifs is 1. The van der Waals surface area contributed by atoms with Crippen LogP contribution in [0.4, 0.5) is 5.69 Å². The maximum absolute atomic E-state index is 12.7.